The van der Waals surface area contributed by atoms with E-state index in [2.05, 4.69) is 0 Å². The van der Waals surface area contributed by atoms with Gasteiger partial charge in [0, 0.05) is 0 Å². The van der Waals surface area contributed by atoms with E-state index >= 15 is 0 Å². The molecule has 7 heavy (non-hydrogen) atoms. The zero-order chi connectivity index (χ0) is 4.50. The summed E-state index contributed by atoms with van der Waals surface area (Å²) < 4.78 is 0. The molecule has 0 atom stereocenters. The van der Waals surface area contributed by atoms with Gasteiger partial charge in [0.15, 0.2) is 0 Å². The van der Waals surface area contributed by atoms with Crippen molar-refractivity contribution < 1.29 is 52.2 Å². The second-order valence-electron chi connectivity index (χ2n) is 0.500. The van der Waals surface area contributed by atoms with Crippen molar-refractivity contribution >= 4 is 9.05 Å². The van der Waals surface area contributed by atoms with E-state index in [0.717, 1.165) is 0 Å². The summed E-state index contributed by atoms with van der Waals surface area (Å²) in [4.78, 5) is 34.3. The fourth-order valence-corrected chi connectivity index (χ4v) is 0. The van der Waals surface area contributed by atoms with Crippen LogP contribution in [0.5, 0.6) is 0 Å². The molecule has 7 heteroatoms. The van der Waals surface area contributed by atoms with E-state index in [9.17, 15) is 0 Å². The van der Waals surface area contributed by atoms with Gasteiger partial charge >= 0.3 is 33.0 Å². The van der Waals surface area contributed by atoms with E-state index in [-0.39, 0.29) is 33.0 Å². The molecule has 0 spiro atoms. The standard InChI is InChI=1S/2Ni.O4Si/c;;1-5(2,3)4/q2*+2;-4. The minimum absolute atomic E-state index is 0. The van der Waals surface area contributed by atoms with E-state index in [1.165, 1.54) is 0 Å². The monoisotopic (exact) mass is 208 g/mol. The fourth-order valence-electron chi connectivity index (χ4n) is 0. The van der Waals surface area contributed by atoms with E-state index in [0.29, 0.717) is 0 Å². The summed E-state index contributed by atoms with van der Waals surface area (Å²) >= 11 is 0. The number of hydrogen-bond acceptors (Lipinski definition) is 4. The van der Waals surface area contributed by atoms with Gasteiger partial charge in [0.25, 0.3) is 0 Å². The second-order valence-corrected chi connectivity index (χ2v) is 1.50. The third-order valence-electron chi connectivity index (χ3n) is 0. The molecule has 0 N–H and O–H groups in total. The van der Waals surface area contributed by atoms with Crippen LogP contribution in [-0.2, 0) is 33.0 Å². The maximum atomic E-state index is 8.58. The van der Waals surface area contributed by atoms with Crippen LogP contribution in [0.2, 0.25) is 0 Å². The number of rotatable bonds is 0. The average molecular weight is 209 g/mol. The summed E-state index contributed by atoms with van der Waals surface area (Å²) in [5, 5.41) is 0. The Morgan fingerprint density at radius 3 is 0.714 bits per heavy atom. The molecular weight excluding hydrogens is 209 g/mol. The van der Waals surface area contributed by atoms with Crippen LogP contribution in [0.3, 0.4) is 0 Å². The molecule has 0 aromatic carbocycles. The normalized spacial score (nSPS) is 8.57. The van der Waals surface area contributed by atoms with Crippen molar-refractivity contribution in [3.05, 3.63) is 0 Å². The van der Waals surface area contributed by atoms with Gasteiger partial charge in [0.2, 0.25) is 0 Å². The van der Waals surface area contributed by atoms with Crippen LogP contribution in [0.1, 0.15) is 0 Å². The van der Waals surface area contributed by atoms with Gasteiger partial charge in [0.05, 0.1) is 0 Å². The fraction of sp³-hybridized carbons (Fsp3) is 0. The molecule has 0 aromatic rings. The molecule has 0 amide bonds. The Kier molecular flexibility index (Phi) is 11.6. The molecular formula is Ni2O4Si. The third kappa shape index (κ3) is 164. The topological polar surface area (TPSA) is 92.2 Å². The molecule has 0 aliphatic carbocycles. The molecule has 4 nitrogen and oxygen atoms in total. The van der Waals surface area contributed by atoms with Crippen LogP contribution in [0.15, 0.2) is 0 Å². The molecule has 0 radical (unpaired) electrons. The van der Waals surface area contributed by atoms with Gasteiger partial charge in [-0.1, -0.05) is 0 Å². The van der Waals surface area contributed by atoms with Crippen LogP contribution in [0, 0.1) is 0 Å². The Bertz CT molecular complexity index is 25.2. The third-order valence-corrected chi connectivity index (χ3v) is 0. The maximum Gasteiger partial charge on any atom is 2.00 e. The van der Waals surface area contributed by atoms with Crippen molar-refractivity contribution in [2.45, 2.75) is 0 Å². The molecule has 0 aliphatic heterocycles. The Balaban J connectivity index is -0.0000000800. The van der Waals surface area contributed by atoms with Gasteiger partial charge in [-0.25, -0.2) is 0 Å². The van der Waals surface area contributed by atoms with Crippen molar-refractivity contribution in [2.75, 3.05) is 0 Å². The zero-order valence-corrected chi connectivity index (χ0v) is 5.74. The summed E-state index contributed by atoms with van der Waals surface area (Å²) in [7, 11) is -5.61. The predicted molar refractivity (Wildman–Crippen MR) is 5.75 cm³/mol. The molecule has 0 unspecified atom stereocenters. The molecule has 0 saturated carbocycles. The van der Waals surface area contributed by atoms with Crippen LogP contribution in [0.25, 0.3) is 0 Å². The molecule has 0 heterocycles. The zero-order valence-electron chi connectivity index (χ0n) is 2.77. The van der Waals surface area contributed by atoms with Crippen LogP contribution in [0.4, 0.5) is 0 Å². The molecule has 0 fully saturated rings. The Morgan fingerprint density at radius 2 is 0.714 bits per heavy atom. The first kappa shape index (κ1) is 15.7. The summed E-state index contributed by atoms with van der Waals surface area (Å²) in [5.74, 6) is 0. The van der Waals surface area contributed by atoms with E-state index < -0.39 is 9.05 Å². The quantitative estimate of drug-likeness (QED) is 0.373. The molecule has 0 saturated heterocycles. The minimum atomic E-state index is -5.61. The second kappa shape index (κ2) is 5.19. The van der Waals surface area contributed by atoms with Crippen molar-refractivity contribution in [2.24, 2.45) is 0 Å². The van der Waals surface area contributed by atoms with E-state index in [4.69, 9.17) is 19.2 Å². The van der Waals surface area contributed by atoms with E-state index in [1.807, 2.05) is 0 Å². The van der Waals surface area contributed by atoms with Gasteiger partial charge in [-0.05, 0) is 0 Å². The first-order chi connectivity index (χ1) is 2.00. The summed E-state index contributed by atoms with van der Waals surface area (Å²) in [6, 6.07) is 0. The van der Waals surface area contributed by atoms with Crippen molar-refractivity contribution in [3.8, 4) is 0 Å². The molecule has 0 aliphatic rings. The van der Waals surface area contributed by atoms with Crippen LogP contribution < -0.4 is 19.2 Å². The van der Waals surface area contributed by atoms with Gasteiger partial charge in [-0.3, -0.25) is 0 Å². The molecule has 0 bridgehead atoms. The molecule has 0 rings (SSSR count). The predicted octanol–water partition coefficient (Wildman–Crippen LogP) is -5.14. The molecule has 48 valence electrons. The number of hydrogen-bond donors (Lipinski definition) is 0. The van der Waals surface area contributed by atoms with Crippen molar-refractivity contribution in [3.63, 3.8) is 0 Å². The summed E-state index contributed by atoms with van der Waals surface area (Å²) in [5.41, 5.74) is 0. The van der Waals surface area contributed by atoms with Crippen LogP contribution in [-0.4, -0.2) is 9.05 Å². The molecule has 0 aromatic heterocycles. The summed E-state index contributed by atoms with van der Waals surface area (Å²) in [6.45, 7) is 0. The first-order valence-electron chi connectivity index (χ1n) is 0.816. The van der Waals surface area contributed by atoms with Gasteiger partial charge in [0.1, 0.15) is 0 Å². The summed E-state index contributed by atoms with van der Waals surface area (Å²) in [6.07, 6.45) is 0. The first-order valence-corrected chi connectivity index (χ1v) is 2.45. The van der Waals surface area contributed by atoms with Crippen molar-refractivity contribution in [1.29, 1.82) is 0 Å². The smallest absolute Gasteiger partial charge is 0.894 e. The Morgan fingerprint density at radius 1 is 0.714 bits per heavy atom. The largest absolute Gasteiger partial charge is 2.00 e. The maximum absolute atomic E-state index is 8.58. The average Bonchev–Trinajstić information content (AvgIpc) is 0.722. The Labute approximate surface area is 61.5 Å². The Hall–Kier alpha value is 1.04. The van der Waals surface area contributed by atoms with Gasteiger partial charge < -0.3 is 28.2 Å². The van der Waals surface area contributed by atoms with Crippen LogP contribution >= 0.6 is 0 Å². The minimum Gasteiger partial charge on any atom is -0.894 e. The SMILES string of the molecule is [Ni+2].[Ni+2].[O-][Si]([O-])([O-])[O-]. The van der Waals surface area contributed by atoms with Crippen molar-refractivity contribution in [1.82, 2.24) is 0 Å². The van der Waals surface area contributed by atoms with Gasteiger partial charge in [-0.2, -0.15) is 0 Å². The van der Waals surface area contributed by atoms with E-state index in [1.54, 1.807) is 0 Å². The van der Waals surface area contributed by atoms with Gasteiger partial charge in [-0.15, -0.1) is 0 Å².